The maximum atomic E-state index is 4.07. The van der Waals surface area contributed by atoms with Gasteiger partial charge in [-0.05, 0) is 36.6 Å². The van der Waals surface area contributed by atoms with Crippen molar-refractivity contribution in [2.45, 2.75) is 26.8 Å². The number of tetrazole rings is 1. The Bertz CT molecular complexity index is 615. The molecule has 2 heterocycles. The molecule has 1 aromatic heterocycles. The fourth-order valence-electron chi connectivity index (χ4n) is 2.61. The number of benzene rings is 1. The Morgan fingerprint density at radius 2 is 2.20 bits per heavy atom. The van der Waals surface area contributed by atoms with E-state index in [0.717, 1.165) is 37.5 Å². The van der Waals surface area contributed by atoms with E-state index in [4.69, 9.17) is 0 Å². The van der Waals surface area contributed by atoms with Crippen molar-refractivity contribution < 1.29 is 0 Å². The molecule has 2 aromatic rings. The minimum Gasteiger partial charge on any atom is -0.294 e. The van der Waals surface area contributed by atoms with Crippen molar-refractivity contribution in [2.24, 2.45) is 0 Å². The average Bonchev–Trinajstić information content (AvgIpc) is 2.97. The van der Waals surface area contributed by atoms with Gasteiger partial charge in [0.05, 0.1) is 0 Å². The second-order valence-electron chi connectivity index (χ2n) is 5.39. The van der Waals surface area contributed by atoms with E-state index in [2.05, 4.69) is 63.6 Å². The molecule has 1 aromatic carbocycles. The van der Waals surface area contributed by atoms with Crippen molar-refractivity contribution in [3.63, 3.8) is 0 Å². The number of nitrogens with zero attached hydrogens (tertiary/aromatic N) is 4. The standard InChI is InChI=1S/C15H19N5/c1-11-5-6-12(2)14(8-11)10-20-7-3-4-13(9-20)15-16-18-19-17-15/h4-6,8H,3,7,9-10H2,1-2H3,(H,16,17,18,19). The highest BCUT2D eigenvalue weighted by Gasteiger charge is 2.17. The van der Waals surface area contributed by atoms with Crippen molar-refractivity contribution in [2.75, 3.05) is 13.1 Å². The van der Waals surface area contributed by atoms with E-state index < -0.39 is 0 Å². The zero-order valence-electron chi connectivity index (χ0n) is 11.9. The number of aryl methyl sites for hydroxylation is 2. The van der Waals surface area contributed by atoms with Crippen LogP contribution in [0.5, 0.6) is 0 Å². The minimum absolute atomic E-state index is 0.718. The van der Waals surface area contributed by atoms with E-state index in [-0.39, 0.29) is 0 Å². The topological polar surface area (TPSA) is 57.7 Å². The smallest absolute Gasteiger partial charge is 0.201 e. The number of H-pyrrole nitrogens is 1. The Morgan fingerprint density at radius 1 is 1.30 bits per heavy atom. The van der Waals surface area contributed by atoms with Gasteiger partial charge in [-0.2, -0.15) is 5.21 Å². The molecule has 0 fully saturated rings. The maximum absolute atomic E-state index is 4.07. The summed E-state index contributed by atoms with van der Waals surface area (Å²) in [6, 6.07) is 6.64. The molecule has 0 saturated carbocycles. The Labute approximate surface area is 118 Å². The van der Waals surface area contributed by atoms with Gasteiger partial charge in [-0.15, -0.1) is 10.2 Å². The van der Waals surface area contributed by atoms with Gasteiger partial charge in [0.2, 0.25) is 5.82 Å². The van der Waals surface area contributed by atoms with E-state index in [0.29, 0.717) is 0 Å². The maximum Gasteiger partial charge on any atom is 0.201 e. The zero-order chi connectivity index (χ0) is 13.9. The molecule has 1 aliphatic heterocycles. The summed E-state index contributed by atoms with van der Waals surface area (Å²) in [7, 11) is 0. The first-order chi connectivity index (χ1) is 9.72. The highest BCUT2D eigenvalue weighted by Crippen LogP contribution is 2.20. The van der Waals surface area contributed by atoms with Gasteiger partial charge >= 0.3 is 0 Å². The molecule has 5 nitrogen and oxygen atoms in total. The lowest BCUT2D eigenvalue weighted by Crippen LogP contribution is -2.29. The van der Waals surface area contributed by atoms with Crippen LogP contribution in [-0.4, -0.2) is 38.6 Å². The van der Waals surface area contributed by atoms with E-state index in [9.17, 15) is 0 Å². The summed E-state index contributed by atoms with van der Waals surface area (Å²) in [4.78, 5) is 2.44. The van der Waals surface area contributed by atoms with Crippen molar-refractivity contribution in [1.82, 2.24) is 25.5 Å². The summed E-state index contributed by atoms with van der Waals surface area (Å²) in [5, 5.41) is 14.3. The van der Waals surface area contributed by atoms with Gasteiger partial charge in [0.1, 0.15) is 0 Å². The lowest BCUT2D eigenvalue weighted by molar-refractivity contribution is 0.295. The number of aromatic nitrogens is 4. The van der Waals surface area contributed by atoms with Crippen LogP contribution in [0.2, 0.25) is 0 Å². The van der Waals surface area contributed by atoms with Crippen LogP contribution in [-0.2, 0) is 6.54 Å². The Morgan fingerprint density at radius 3 is 3.00 bits per heavy atom. The Kier molecular flexibility index (Phi) is 3.60. The molecule has 0 aliphatic carbocycles. The van der Waals surface area contributed by atoms with Gasteiger partial charge in [-0.25, -0.2) is 0 Å². The first kappa shape index (κ1) is 13.0. The molecular weight excluding hydrogens is 250 g/mol. The summed E-state index contributed by atoms with van der Waals surface area (Å²) in [5.74, 6) is 0.718. The summed E-state index contributed by atoms with van der Waals surface area (Å²) in [5.41, 5.74) is 5.23. The van der Waals surface area contributed by atoms with Crippen LogP contribution in [0.15, 0.2) is 24.3 Å². The third-order valence-corrected chi connectivity index (χ3v) is 3.76. The number of rotatable bonds is 3. The Balaban J connectivity index is 1.73. The first-order valence-electron chi connectivity index (χ1n) is 6.94. The molecule has 0 saturated heterocycles. The lowest BCUT2D eigenvalue weighted by atomic mass is 10.0. The molecule has 0 amide bonds. The number of hydrogen-bond acceptors (Lipinski definition) is 4. The fraction of sp³-hybridized carbons (Fsp3) is 0.400. The molecule has 1 N–H and O–H groups in total. The second kappa shape index (κ2) is 5.54. The van der Waals surface area contributed by atoms with Gasteiger partial charge in [0, 0.05) is 25.2 Å². The van der Waals surface area contributed by atoms with Crippen LogP contribution in [0.25, 0.3) is 5.57 Å². The second-order valence-corrected chi connectivity index (χ2v) is 5.39. The van der Waals surface area contributed by atoms with Crippen molar-refractivity contribution in [3.05, 3.63) is 46.8 Å². The van der Waals surface area contributed by atoms with Crippen LogP contribution in [0.1, 0.15) is 28.9 Å². The van der Waals surface area contributed by atoms with E-state index in [1.54, 1.807) is 0 Å². The fourth-order valence-corrected chi connectivity index (χ4v) is 2.61. The largest absolute Gasteiger partial charge is 0.294 e. The molecule has 5 heteroatoms. The normalized spacial score (nSPS) is 16.2. The van der Waals surface area contributed by atoms with Crippen molar-refractivity contribution >= 4 is 5.57 Å². The van der Waals surface area contributed by atoms with Crippen LogP contribution in [0.3, 0.4) is 0 Å². The van der Waals surface area contributed by atoms with Crippen LogP contribution in [0.4, 0.5) is 0 Å². The van der Waals surface area contributed by atoms with Gasteiger partial charge in [0.25, 0.3) is 0 Å². The molecule has 0 radical (unpaired) electrons. The van der Waals surface area contributed by atoms with Crippen molar-refractivity contribution in [3.8, 4) is 0 Å². The third kappa shape index (κ3) is 2.77. The summed E-state index contributed by atoms with van der Waals surface area (Å²) < 4.78 is 0. The number of aromatic amines is 1. The van der Waals surface area contributed by atoms with Gasteiger partial charge in [-0.1, -0.05) is 29.8 Å². The van der Waals surface area contributed by atoms with E-state index >= 15 is 0 Å². The van der Waals surface area contributed by atoms with Crippen LogP contribution in [0, 0.1) is 13.8 Å². The zero-order valence-corrected chi connectivity index (χ0v) is 11.9. The number of nitrogens with one attached hydrogen (secondary N) is 1. The van der Waals surface area contributed by atoms with Crippen LogP contribution < -0.4 is 0 Å². The van der Waals surface area contributed by atoms with Gasteiger partial charge in [-0.3, -0.25) is 4.90 Å². The van der Waals surface area contributed by atoms with Gasteiger partial charge < -0.3 is 0 Å². The predicted octanol–water partition coefficient (Wildman–Crippen LogP) is 2.11. The average molecular weight is 269 g/mol. The predicted molar refractivity (Wildman–Crippen MR) is 78.0 cm³/mol. The Hall–Kier alpha value is -2.01. The molecule has 104 valence electrons. The molecule has 3 rings (SSSR count). The summed E-state index contributed by atoms with van der Waals surface area (Å²) >= 11 is 0. The first-order valence-corrected chi connectivity index (χ1v) is 6.94. The molecule has 0 spiro atoms. The van der Waals surface area contributed by atoms with Crippen molar-refractivity contribution in [1.29, 1.82) is 0 Å². The SMILES string of the molecule is Cc1ccc(C)c(CN2CCC=C(c3nn[nH]n3)C2)c1. The number of hydrogen-bond donors (Lipinski definition) is 1. The summed E-state index contributed by atoms with van der Waals surface area (Å²) in [6.07, 6.45) is 3.25. The van der Waals surface area contributed by atoms with Crippen LogP contribution >= 0.6 is 0 Å². The highest BCUT2D eigenvalue weighted by atomic mass is 15.5. The molecule has 0 atom stereocenters. The lowest BCUT2D eigenvalue weighted by Gasteiger charge is -2.26. The molecule has 1 aliphatic rings. The molecule has 20 heavy (non-hydrogen) atoms. The monoisotopic (exact) mass is 269 g/mol. The van der Waals surface area contributed by atoms with Gasteiger partial charge in [0.15, 0.2) is 0 Å². The molecule has 0 bridgehead atoms. The third-order valence-electron chi connectivity index (χ3n) is 3.76. The van der Waals surface area contributed by atoms with E-state index in [1.165, 1.54) is 16.7 Å². The van der Waals surface area contributed by atoms with E-state index in [1.807, 2.05) is 0 Å². The quantitative estimate of drug-likeness (QED) is 0.927. The highest BCUT2D eigenvalue weighted by molar-refractivity contribution is 5.61. The minimum atomic E-state index is 0.718. The molecule has 0 unspecified atom stereocenters. The molecular formula is C15H19N5. The summed E-state index contributed by atoms with van der Waals surface area (Å²) in [6.45, 7) is 7.25.